The van der Waals surface area contributed by atoms with Crippen molar-refractivity contribution in [3.05, 3.63) is 22.2 Å². The maximum atomic E-state index is 5.99. The molecule has 21 heavy (non-hydrogen) atoms. The maximum Gasteiger partial charge on any atom is 0.174 e. The molecule has 2 aliphatic rings. The van der Waals surface area contributed by atoms with Gasteiger partial charge >= 0.3 is 0 Å². The second kappa shape index (κ2) is 7.01. The highest BCUT2D eigenvalue weighted by molar-refractivity contribution is 9.10. The third kappa shape index (κ3) is 4.13. The summed E-state index contributed by atoms with van der Waals surface area (Å²) in [6.45, 7) is 3.11. The molecule has 0 bridgehead atoms. The summed E-state index contributed by atoms with van der Waals surface area (Å²) in [5, 5.41) is 3.49. The lowest BCUT2D eigenvalue weighted by atomic mass is 9.92. The molecule has 1 aromatic rings. The molecule has 0 amide bonds. The van der Waals surface area contributed by atoms with Gasteiger partial charge in [-0.15, -0.1) is 0 Å². The third-order valence-corrected chi connectivity index (χ3v) is 4.96. The Morgan fingerprint density at radius 1 is 1.24 bits per heavy atom. The minimum absolute atomic E-state index is 0.732. The number of ether oxygens (including phenoxy) is 2. The summed E-state index contributed by atoms with van der Waals surface area (Å²) in [5.74, 6) is 3.19. The predicted molar refractivity (Wildman–Crippen MR) is 88.2 cm³/mol. The predicted octanol–water partition coefficient (Wildman–Crippen LogP) is 3.79. The summed E-state index contributed by atoms with van der Waals surface area (Å²) < 4.78 is 12.5. The highest BCUT2D eigenvalue weighted by atomic mass is 79.9. The smallest absolute Gasteiger partial charge is 0.174 e. The number of halogens is 1. The first-order valence-corrected chi connectivity index (χ1v) is 8.75. The van der Waals surface area contributed by atoms with E-state index in [9.17, 15) is 0 Å². The minimum Gasteiger partial charge on any atom is -0.492 e. The van der Waals surface area contributed by atoms with Crippen LogP contribution in [0.3, 0.4) is 0 Å². The monoisotopic (exact) mass is 353 g/mol. The summed E-state index contributed by atoms with van der Waals surface area (Å²) in [5.41, 5.74) is 1.34. The molecule has 0 spiro atoms. The number of piperidine rings is 1. The van der Waals surface area contributed by atoms with Crippen molar-refractivity contribution in [1.82, 2.24) is 5.32 Å². The van der Waals surface area contributed by atoms with Gasteiger partial charge in [-0.2, -0.15) is 0 Å². The van der Waals surface area contributed by atoms with Crippen molar-refractivity contribution in [2.45, 2.75) is 32.1 Å². The van der Waals surface area contributed by atoms with Crippen LogP contribution < -0.4 is 14.8 Å². The summed E-state index contributed by atoms with van der Waals surface area (Å²) in [6, 6.07) is 4.35. The topological polar surface area (TPSA) is 30.5 Å². The third-order valence-electron chi connectivity index (χ3n) is 4.37. The van der Waals surface area contributed by atoms with Crippen LogP contribution in [0.25, 0.3) is 0 Å². The van der Waals surface area contributed by atoms with E-state index in [1.807, 2.05) is 0 Å². The van der Waals surface area contributed by atoms with Gasteiger partial charge in [-0.25, -0.2) is 0 Å². The zero-order chi connectivity index (χ0) is 14.7. The van der Waals surface area contributed by atoms with Crippen LogP contribution in [-0.2, 0) is 6.42 Å². The molecule has 1 N–H and O–H groups in total. The SMILES string of the molecule is COc1c(Br)cc(CC2CCCNC2)cc1OCC1CC1. The Morgan fingerprint density at radius 2 is 2.10 bits per heavy atom. The number of benzene rings is 1. The van der Waals surface area contributed by atoms with Crippen LogP contribution in [-0.4, -0.2) is 26.8 Å². The Hall–Kier alpha value is -0.740. The molecule has 2 fully saturated rings. The van der Waals surface area contributed by atoms with Gasteiger partial charge in [-0.05, 0) is 90.7 Å². The average molecular weight is 354 g/mol. The number of hydrogen-bond acceptors (Lipinski definition) is 3. The van der Waals surface area contributed by atoms with Gasteiger partial charge in [0.25, 0.3) is 0 Å². The number of hydrogen-bond donors (Lipinski definition) is 1. The minimum atomic E-state index is 0.732. The van der Waals surface area contributed by atoms with Crippen LogP contribution in [0.15, 0.2) is 16.6 Å². The fraction of sp³-hybridized carbons (Fsp3) is 0.647. The van der Waals surface area contributed by atoms with Crippen molar-refractivity contribution in [1.29, 1.82) is 0 Å². The van der Waals surface area contributed by atoms with Gasteiger partial charge < -0.3 is 14.8 Å². The first kappa shape index (κ1) is 15.2. The maximum absolute atomic E-state index is 5.99. The molecule has 1 aliphatic heterocycles. The molecular formula is C17H24BrNO2. The molecule has 116 valence electrons. The second-order valence-electron chi connectivity index (χ2n) is 6.28. The van der Waals surface area contributed by atoms with E-state index in [0.29, 0.717) is 0 Å². The highest BCUT2D eigenvalue weighted by Crippen LogP contribution is 2.39. The van der Waals surface area contributed by atoms with Crippen LogP contribution in [0, 0.1) is 11.8 Å². The van der Waals surface area contributed by atoms with Crippen LogP contribution in [0.4, 0.5) is 0 Å². The van der Waals surface area contributed by atoms with E-state index in [2.05, 4.69) is 33.4 Å². The molecule has 1 aromatic carbocycles. The zero-order valence-corrected chi connectivity index (χ0v) is 14.2. The van der Waals surface area contributed by atoms with E-state index in [-0.39, 0.29) is 0 Å². The molecule has 4 heteroatoms. The van der Waals surface area contributed by atoms with Crippen LogP contribution in [0.2, 0.25) is 0 Å². The van der Waals surface area contributed by atoms with Crippen molar-refractivity contribution in [3.63, 3.8) is 0 Å². The molecule has 0 aromatic heterocycles. The van der Waals surface area contributed by atoms with Crippen molar-refractivity contribution in [3.8, 4) is 11.5 Å². The number of nitrogens with one attached hydrogen (secondary N) is 1. The molecule has 3 nitrogen and oxygen atoms in total. The van der Waals surface area contributed by atoms with Crippen LogP contribution in [0.1, 0.15) is 31.2 Å². The van der Waals surface area contributed by atoms with Gasteiger partial charge in [0, 0.05) is 0 Å². The van der Waals surface area contributed by atoms with Crippen LogP contribution >= 0.6 is 15.9 Å². The normalized spacial score (nSPS) is 22.1. The molecule has 3 rings (SSSR count). The van der Waals surface area contributed by atoms with E-state index in [4.69, 9.17) is 9.47 Å². The molecule has 1 saturated heterocycles. The Morgan fingerprint density at radius 3 is 2.76 bits per heavy atom. The van der Waals surface area contributed by atoms with Crippen molar-refractivity contribution >= 4 is 15.9 Å². The Balaban J connectivity index is 1.72. The fourth-order valence-electron chi connectivity index (χ4n) is 2.97. The van der Waals surface area contributed by atoms with E-state index in [1.165, 1.54) is 37.8 Å². The quantitative estimate of drug-likeness (QED) is 0.843. The van der Waals surface area contributed by atoms with Gasteiger partial charge in [0.15, 0.2) is 11.5 Å². The zero-order valence-electron chi connectivity index (χ0n) is 12.7. The second-order valence-corrected chi connectivity index (χ2v) is 7.13. The van der Waals surface area contributed by atoms with Crippen molar-refractivity contribution in [2.24, 2.45) is 11.8 Å². The largest absolute Gasteiger partial charge is 0.492 e. The van der Waals surface area contributed by atoms with Gasteiger partial charge in [0.2, 0.25) is 0 Å². The highest BCUT2D eigenvalue weighted by Gasteiger charge is 2.23. The lowest BCUT2D eigenvalue weighted by Crippen LogP contribution is -2.30. The molecule has 1 atom stereocenters. The van der Waals surface area contributed by atoms with E-state index >= 15 is 0 Å². The van der Waals surface area contributed by atoms with Gasteiger partial charge in [0.1, 0.15) is 0 Å². The standard InChI is InChI=1S/C17H24BrNO2/c1-20-17-15(18)8-14(7-13-3-2-6-19-10-13)9-16(17)21-11-12-4-5-12/h8-9,12-13,19H,2-7,10-11H2,1H3. The van der Waals surface area contributed by atoms with Gasteiger partial charge in [-0.3, -0.25) is 0 Å². The number of methoxy groups -OCH3 is 1. The Bertz CT molecular complexity index is 482. The van der Waals surface area contributed by atoms with E-state index < -0.39 is 0 Å². The van der Waals surface area contributed by atoms with Crippen molar-refractivity contribution in [2.75, 3.05) is 26.8 Å². The first-order valence-electron chi connectivity index (χ1n) is 7.96. The fourth-order valence-corrected chi connectivity index (χ4v) is 3.62. The van der Waals surface area contributed by atoms with Crippen LogP contribution in [0.5, 0.6) is 11.5 Å². The number of rotatable bonds is 6. The average Bonchev–Trinajstić information content (AvgIpc) is 3.30. The summed E-state index contributed by atoms with van der Waals surface area (Å²) in [4.78, 5) is 0. The molecule has 1 heterocycles. The van der Waals surface area contributed by atoms with Gasteiger partial charge in [-0.1, -0.05) is 0 Å². The summed E-state index contributed by atoms with van der Waals surface area (Å²) >= 11 is 3.63. The molecule has 1 saturated carbocycles. The summed E-state index contributed by atoms with van der Waals surface area (Å²) in [7, 11) is 1.70. The first-order chi connectivity index (χ1) is 10.3. The van der Waals surface area contributed by atoms with E-state index in [1.54, 1.807) is 7.11 Å². The Kier molecular flexibility index (Phi) is 5.07. The lowest BCUT2D eigenvalue weighted by molar-refractivity contribution is 0.279. The van der Waals surface area contributed by atoms with Crippen molar-refractivity contribution < 1.29 is 9.47 Å². The molecular weight excluding hydrogens is 330 g/mol. The Labute approximate surface area is 135 Å². The molecule has 1 aliphatic carbocycles. The summed E-state index contributed by atoms with van der Waals surface area (Å²) in [6.07, 6.45) is 6.31. The molecule has 1 unspecified atom stereocenters. The van der Waals surface area contributed by atoms with Gasteiger partial charge in [0.05, 0.1) is 18.2 Å². The lowest BCUT2D eigenvalue weighted by Gasteiger charge is -2.23. The molecule has 0 radical (unpaired) electrons. The van der Waals surface area contributed by atoms with E-state index in [0.717, 1.165) is 47.4 Å².